The molecular formula is C18H10Br2Cl2N2O3S. The minimum atomic E-state index is -0.529. The first-order chi connectivity index (χ1) is 13.3. The van der Waals surface area contributed by atoms with E-state index in [-0.39, 0.29) is 16.6 Å². The lowest BCUT2D eigenvalue weighted by Gasteiger charge is -2.10. The van der Waals surface area contributed by atoms with E-state index in [1.807, 2.05) is 0 Å². The Bertz CT molecular complexity index is 1070. The number of rotatable bonds is 3. The number of carbonyl (C=O) groups excluding carboxylic acids is 1. The van der Waals surface area contributed by atoms with Crippen molar-refractivity contribution in [2.75, 3.05) is 5.32 Å². The van der Waals surface area contributed by atoms with Crippen LogP contribution in [0, 0.1) is 0 Å². The van der Waals surface area contributed by atoms with E-state index >= 15 is 0 Å². The molecule has 28 heavy (non-hydrogen) atoms. The van der Waals surface area contributed by atoms with Crippen molar-refractivity contribution in [1.82, 2.24) is 5.32 Å². The highest BCUT2D eigenvalue weighted by Gasteiger charge is 2.16. The first-order valence-electron chi connectivity index (χ1n) is 7.61. The van der Waals surface area contributed by atoms with Crippen molar-refractivity contribution < 1.29 is 14.3 Å². The minimum absolute atomic E-state index is 0.0586. The van der Waals surface area contributed by atoms with Gasteiger partial charge in [0.1, 0.15) is 11.5 Å². The van der Waals surface area contributed by atoms with Crippen LogP contribution in [0.2, 0.25) is 10.0 Å². The zero-order valence-electron chi connectivity index (χ0n) is 13.7. The molecule has 0 bridgehead atoms. The normalized spacial score (nSPS) is 10.6. The smallest absolute Gasteiger partial charge is 0.293 e. The van der Waals surface area contributed by atoms with Crippen LogP contribution in [0.1, 0.15) is 10.6 Å². The third-order valence-corrected chi connectivity index (χ3v) is 5.78. The van der Waals surface area contributed by atoms with E-state index in [0.29, 0.717) is 36.0 Å². The van der Waals surface area contributed by atoms with E-state index in [1.54, 1.807) is 36.4 Å². The Morgan fingerprint density at radius 2 is 1.79 bits per heavy atom. The number of hydrogen-bond donors (Lipinski definition) is 3. The molecule has 0 saturated carbocycles. The molecule has 0 unspecified atom stereocenters. The average molecular weight is 565 g/mol. The molecule has 1 aromatic heterocycles. The highest BCUT2D eigenvalue weighted by molar-refractivity contribution is 9.11. The summed E-state index contributed by atoms with van der Waals surface area (Å²) >= 11 is 23.8. The quantitative estimate of drug-likeness (QED) is 0.246. The predicted octanol–water partition coefficient (Wildman–Crippen LogP) is 6.61. The number of phenolic OH excluding ortho intramolecular Hbond substituents is 1. The molecule has 0 aliphatic carbocycles. The number of benzene rings is 2. The molecule has 3 N–H and O–H groups in total. The SMILES string of the molecule is O=C(NC(=S)Nc1cc(Br)c(O)c(Br)c1)c1ccc(-c2cccc(Cl)c2Cl)o1. The summed E-state index contributed by atoms with van der Waals surface area (Å²) in [6, 6.07) is 11.5. The molecular weight excluding hydrogens is 555 g/mol. The zero-order valence-corrected chi connectivity index (χ0v) is 19.2. The summed E-state index contributed by atoms with van der Waals surface area (Å²) in [5.41, 5.74) is 1.14. The lowest BCUT2D eigenvalue weighted by atomic mass is 10.2. The minimum Gasteiger partial charge on any atom is -0.506 e. The molecule has 3 rings (SSSR count). The van der Waals surface area contributed by atoms with Crippen molar-refractivity contribution >= 4 is 84.0 Å². The maximum Gasteiger partial charge on any atom is 0.293 e. The fourth-order valence-electron chi connectivity index (χ4n) is 2.26. The van der Waals surface area contributed by atoms with Crippen LogP contribution < -0.4 is 10.6 Å². The lowest BCUT2D eigenvalue weighted by Crippen LogP contribution is -2.33. The second-order valence-corrected chi connectivity index (χ2v) is 8.36. The van der Waals surface area contributed by atoms with E-state index in [2.05, 4.69) is 42.5 Å². The molecule has 1 amide bonds. The van der Waals surface area contributed by atoms with E-state index in [0.717, 1.165) is 0 Å². The maximum absolute atomic E-state index is 12.4. The highest BCUT2D eigenvalue weighted by atomic mass is 79.9. The maximum atomic E-state index is 12.4. The van der Waals surface area contributed by atoms with Crippen LogP contribution in [0.3, 0.4) is 0 Å². The second kappa shape index (κ2) is 8.84. The van der Waals surface area contributed by atoms with Crippen molar-refractivity contribution in [2.45, 2.75) is 0 Å². The van der Waals surface area contributed by atoms with Crippen LogP contribution in [0.15, 0.2) is 55.8 Å². The summed E-state index contributed by atoms with van der Waals surface area (Å²) in [6.07, 6.45) is 0. The van der Waals surface area contributed by atoms with E-state index in [1.165, 1.54) is 6.07 Å². The molecule has 10 heteroatoms. The van der Waals surface area contributed by atoms with Gasteiger partial charge in [-0.3, -0.25) is 10.1 Å². The van der Waals surface area contributed by atoms with Gasteiger partial charge in [-0.15, -0.1) is 0 Å². The molecule has 2 aromatic carbocycles. The van der Waals surface area contributed by atoms with Gasteiger partial charge in [-0.25, -0.2) is 0 Å². The van der Waals surface area contributed by atoms with Crippen molar-refractivity contribution in [2.24, 2.45) is 0 Å². The molecule has 1 heterocycles. The van der Waals surface area contributed by atoms with Gasteiger partial charge in [0.05, 0.1) is 19.0 Å². The molecule has 0 atom stereocenters. The zero-order chi connectivity index (χ0) is 20.4. The number of aromatic hydroxyl groups is 1. The van der Waals surface area contributed by atoms with Gasteiger partial charge in [0.25, 0.3) is 5.91 Å². The molecule has 0 spiro atoms. The molecule has 0 radical (unpaired) electrons. The number of thiocarbonyl (C=S) groups is 1. The summed E-state index contributed by atoms with van der Waals surface area (Å²) in [5.74, 6) is -0.00621. The average Bonchev–Trinajstić information content (AvgIpc) is 3.12. The Hall–Kier alpha value is -1.58. The Morgan fingerprint density at radius 3 is 2.46 bits per heavy atom. The van der Waals surface area contributed by atoms with E-state index in [9.17, 15) is 9.90 Å². The number of furan rings is 1. The number of carbonyl (C=O) groups is 1. The number of amides is 1. The number of phenols is 1. The molecule has 5 nitrogen and oxygen atoms in total. The van der Waals surface area contributed by atoms with Crippen LogP contribution in [-0.4, -0.2) is 16.1 Å². The number of nitrogens with one attached hydrogen (secondary N) is 2. The largest absolute Gasteiger partial charge is 0.506 e. The fraction of sp³-hybridized carbons (Fsp3) is 0. The lowest BCUT2D eigenvalue weighted by molar-refractivity contribution is 0.0951. The van der Waals surface area contributed by atoms with Gasteiger partial charge in [-0.1, -0.05) is 29.3 Å². The summed E-state index contributed by atoms with van der Waals surface area (Å²) in [6.45, 7) is 0. The highest BCUT2D eigenvalue weighted by Crippen LogP contribution is 2.35. The van der Waals surface area contributed by atoms with Crippen molar-refractivity contribution in [1.29, 1.82) is 0 Å². The second-order valence-electron chi connectivity index (χ2n) is 5.46. The molecule has 0 aliphatic heterocycles. The number of halogens is 4. The van der Waals surface area contributed by atoms with Crippen LogP contribution in [0.5, 0.6) is 5.75 Å². The molecule has 0 fully saturated rings. The Morgan fingerprint density at radius 1 is 1.11 bits per heavy atom. The van der Waals surface area contributed by atoms with Crippen LogP contribution in [0.25, 0.3) is 11.3 Å². The fourth-order valence-corrected chi connectivity index (χ4v) is 4.05. The van der Waals surface area contributed by atoms with Crippen molar-refractivity contribution in [3.05, 3.63) is 67.2 Å². The van der Waals surface area contributed by atoms with Gasteiger partial charge < -0.3 is 14.8 Å². The van der Waals surface area contributed by atoms with Crippen LogP contribution >= 0.6 is 67.3 Å². The Labute approximate surface area is 192 Å². The molecule has 144 valence electrons. The topological polar surface area (TPSA) is 74.5 Å². The van der Waals surface area contributed by atoms with Crippen molar-refractivity contribution in [3.8, 4) is 17.1 Å². The summed E-state index contributed by atoms with van der Waals surface area (Å²) in [7, 11) is 0. The van der Waals surface area contributed by atoms with Crippen LogP contribution in [-0.2, 0) is 0 Å². The molecule has 0 saturated heterocycles. The third kappa shape index (κ3) is 4.69. The monoisotopic (exact) mass is 562 g/mol. The van der Waals surface area contributed by atoms with Gasteiger partial charge >= 0.3 is 0 Å². The van der Waals surface area contributed by atoms with E-state index < -0.39 is 5.91 Å². The van der Waals surface area contributed by atoms with Gasteiger partial charge in [0, 0.05) is 11.3 Å². The molecule has 3 aromatic rings. The van der Waals surface area contributed by atoms with E-state index in [4.69, 9.17) is 39.8 Å². The summed E-state index contributed by atoms with van der Waals surface area (Å²) in [4.78, 5) is 12.4. The van der Waals surface area contributed by atoms with Gasteiger partial charge in [-0.2, -0.15) is 0 Å². The summed E-state index contributed by atoms with van der Waals surface area (Å²) in [5, 5.41) is 15.9. The Balaban J connectivity index is 1.71. The number of hydrogen-bond acceptors (Lipinski definition) is 4. The third-order valence-electron chi connectivity index (χ3n) is 3.55. The molecule has 0 aliphatic rings. The van der Waals surface area contributed by atoms with Crippen LogP contribution in [0.4, 0.5) is 5.69 Å². The Kier molecular flexibility index (Phi) is 6.67. The van der Waals surface area contributed by atoms with Gasteiger partial charge in [0.2, 0.25) is 0 Å². The van der Waals surface area contributed by atoms with Gasteiger partial charge in [-0.05, 0) is 80.5 Å². The first kappa shape index (κ1) is 21.1. The number of anilines is 1. The van der Waals surface area contributed by atoms with Gasteiger partial charge in [0.15, 0.2) is 10.9 Å². The first-order valence-corrected chi connectivity index (χ1v) is 10.4. The standard InChI is InChI=1S/C18H10Br2Cl2N2O3S/c19-10-6-8(7-11(20)16(10)25)23-18(28)24-17(26)14-5-4-13(27-14)9-2-1-3-12(21)15(9)22/h1-7,25H,(H2,23,24,26,28). The van der Waals surface area contributed by atoms with Crippen molar-refractivity contribution in [3.63, 3.8) is 0 Å². The summed E-state index contributed by atoms with van der Waals surface area (Å²) < 4.78 is 6.51. The predicted molar refractivity (Wildman–Crippen MR) is 121 cm³/mol.